The van der Waals surface area contributed by atoms with Crippen molar-refractivity contribution in [2.24, 2.45) is 13.0 Å². The molecule has 0 aliphatic carbocycles. The Bertz CT molecular complexity index is 543. The Morgan fingerprint density at radius 1 is 1.35 bits per heavy atom. The molecular formula is C13H18N6O. The monoisotopic (exact) mass is 274 g/mol. The first-order valence-electron chi connectivity index (χ1n) is 6.75. The predicted molar refractivity (Wildman–Crippen MR) is 71.9 cm³/mol. The van der Waals surface area contributed by atoms with Crippen molar-refractivity contribution in [1.29, 1.82) is 0 Å². The Balaban J connectivity index is 1.46. The smallest absolute Gasteiger partial charge is 0.232 e. The highest BCUT2D eigenvalue weighted by atomic mass is 16.5. The van der Waals surface area contributed by atoms with E-state index >= 15 is 0 Å². The molecule has 7 nitrogen and oxygen atoms in total. The average molecular weight is 274 g/mol. The number of aromatic nitrogens is 5. The van der Waals surface area contributed by atoms with E-state index in [1.807, 2.05) is 11.7 Å². The van der Waals surface area contributed by atoms with Gasteiger partial charge < -0.3 is 4.74 Å². The molecular weight excluding hydrogens is 256 g/mol. The largest absolute Gasteiger partial charge is 0.476 e. The van der Waals surface area contributed by atoms with Gasteiger partial charge in [-0.2, -0.15) is 5.10 Å². The molecule has 0 amide bonds. The minimum absolute atomic E-state index is 0.533. The maximum Gasteiger partial charge on any atom is 0.232 e. The first-order valence-corrected chi connectivity index (χ1v) is 6.75. The van der Waals surface area contributed by atoms with Crippen molar-refractivity contribution in [2.75, 3.05) is 19.7 Å². The molecule has 2 aromatic rings. The highest BCUT2D eigenvalue weighted by Gasteiger charge is 2.24. The van der Waals surface area contributed by atoms with Crippen molar-refractivity contribution in [3.63, 3.8) is 0 Å². The summed E-state index contributed by atoms with van der Waals surface area (Å²) in [6, 6.07) is 0. The number of rotatable bonds is 5. The highest BCUT2D eigenvalue weighted by molar-refractivity contribution is 5.01. The van der Waals surface area contributed by atoms with E-state index in [0.717, 1.165) is 31.9 Å². The Labute approximate surface area is 117 Å². The first-order chi connectivity index (χ1) is 9.81. The third kappa shape index (κ3) is 3.11. The van der Waals surface area contributed by atoms with Crippen LogP contribution in [0.2, 0.25) is 0 Å². The molecule has 1 unspecified atom stereocenters. The molecule has 1 saturated heterocycles. The van der Waals surface area contributed by atoms with Crippen LogP contribution in [0.1, 0.15) is 12.2 Å². The van der Waals surface area contributed by atoms with Gasteiger partial charge in [0.2, 0.25) is 5.88 Å². The van der Waals surface area contributed by atoms with E-state index in [4.69, 9.17) is 4.74 Å². The third-order valence-corrected chi connectivity index (χ3v) is 3.55. The molecule has 0 saturated carbocycles. The zero-order chi connectivity index (χ0) is 13.8. The topological polar surface area (TPSA) is 69.0 Å². The number of hydrogen-bond acceptors (Lipinski definition) is 6. The Morgan fingerprint density at radius 3 is 3.05 bits per heavy atom. The minimum Gasteiger partial charge on any atom is -0.476 e. The maximum absolute atomic E-state index is 5.66. The van der Waals surface area contributed by atoms with Crippen LogP contribution < -0.4 is 4.74 Å². The number of nitrogens with zero attached hydrogens (tertiary/aromatic N) is 6. The van der Waals surface area contributed by atoms with Crippen LogP contribution in [0.3, 0.4) is 0 Å². The molecule has 1 aliphatic heterocycles. The van der Waals surface area contributed by atoms with Gasteiger partial charge in [-0.05, 0) is 13.0 Å². The number of aryl methyl sites for hydroxylation is 1. The van der Waals surface area contributed by atoms with Gasteiger partial charge in [-0.25, -0.2) is 9.97 Å². The van der Waals surface area contributed by atoms with Crippen molar-refractivity contribution in [2.45, 2.75) is 13.0 Å². The van der Waals surface area contributed by atoms with E-state index in [2.05, 4.69) is 25.0 Å². The summed E-state index contributed by atoms with van der Waals surface area (Å²) in [6.45, 7) is 3.63. The maximum atomic E-state index is 5.66. The molecule has 0 spiro atoms. The van der Waals surface area contributed by atoms with Crippen molar-refractivity contribution in [1.82, 2.24) is 29.6 Å². The van der Waals surface area contributed by atoms with E-state index in [0.29, 0.717) is 18.4 Å². The van der Waals surface area contributed by atoms with Crippen molar-refractivity contribution in [3.05, 3.63) is 30.7 Å². The van der Waals surface area contributed by atoms with Crippen LogP contribution in [0.4, 0.5) is 0 Å². The van der Waals surface area contributed by atoms with E-state index in [1.165, 1.54) is 0 Å². The van der Waals surface area contributed by atoms with E-state index in [9.17, 15) is 0 Å². The molecule has 0 aromatic carbocycles. The summed E-state index contributed by atoms with van der Waals surface area (Å²) in [5.74, 6) is 2.13. The molecule has 106 valence electrons. The Morgan fingerprint density at radius 2 is 2.30 bits per heavy atom. The first kappa shape index (κ1) is 13.0. The van der Waals surface area contributed by atoms with Crippen LogP contribution in [0.25, 0.3) is 0 Å². The van der Waals surface area contributed by atoms with Gasteiger partial charge in [-0.15, -0.1) is 0 Å². The summed E-state index contributed by atoms with van der Waals surface area (Å²) in [5.41, 5.74) is 0. The normalized spacial score (nSPS) is 19.4. The van der Waals surface area contributed by atoms with Gasteiger partial charge in [0.1, 0.15) is 12.2 Å². The van der Waals surface area contributed by atoms with Gasteiger partial charge in [-0.1, -0.05) is 0 Å². The van der Waals surface area contributed by atoms with Crippen LogP contribution in [0, 0.1) is 5.92 Å². The van der Waals surface area contributed by atoms with Gasteiger partial charge >= 0.3 is 0 Å². The highest BCUT2D eigenvalue weighted by Crippen LogP contribution is 2.18. The standard InChI is InChI=1S/C13H18N6O/c1-18-12(16-10-17-18)8-19-5-2-11(7-19)9-20-13-6-14-3-4-15-13/h3-4,6,10-11H,2,5,7-9H2,1H3. The fourth-order valence-corrected chi connectivity index (χ4v) is 2.42. The van der Waals surface area contributed by atoms with E-state index in [-0.39, 0.29) is 0 Å². The lowest BCUT2D eigenvalue weighted by Crippen LogP contribution is -2.23. The molecule has 1 fully saturated rings. The lowest BCUT2D eigenvalue weighted by atomic mass is 10.1. The molecule has 1 aliphatic rings. The van der Waals surface area contributed by atoms with E-state index < -0.39 is 0 Å². The van der Waals surface area contributed by atoms with Crippen molar-refractivity contribution < 1.29 is 4.74 Å². The molecule has 0 N–H and O–H groups in total. The Kier molecular flexibility index (Phi) is 3.87. The van der Waals surface area contributed by atoms with Crippen LogP contribution >= 0.6 is 0 Å². The van der Waals surface area contributed by atoms with Crippen LogP contribution in [-0.4, -0.2) is 49.3 Å². The van der Waals surface area contributed by atoms with Gasteiger partial charge in [0.25, 0.3) is 0 Å². The summed E-state index contributed by atoms with van der Waals surface area (Å²) in [4.78, 5) is 14.7. The van der Waals surface area contributed by atoms with Crippen LogP contribution in [0.5, 0.6) is 5.88 Å². The number of likely N-dealkylation sites (tertiary alicyclic amines) is 1. The zero-order valence-electron chi connectivity index (χ0n) is 11.5. The molecule has 3 rings (SSSR count). The van der Waals surface area contributed by atoms with Crippen molar-refractivity contribution in [3.8, 4) is 5.88 Å². The summed E-state index contributed by atoms with van der Waals surface area (Å²) in [5, 5.41) is 4.09. The number of hydrogen-bond donors (Lipinski definition) is 0. The second-order valence-electron chi connectivity index (χ2n) is 5.04. The molecule has 1 atom stereocenters. The molecule has 7 heteroatoms. The molecule has 3 heterocycles. The summed E-state index contributed by atoms with van der Waals surface area (Å²) in [6.07, 6.45) is 7.67. The average Bonchev–Trinajstić information content (AvgIpc) is 3.08. The van der Waals surface area contributed by atoms with Crippen LogP contribution in [-0.2, 0) is 13.6 Å². The lowest BCUT2D eigenvalue weighted by Gasteiger charge is -2.15. The minimum atomic E-state index is 0.533. The summed E-state index contributed by atoms with van der Waals surface area (Å²) >= 11 is 0. The second-order valence-corrected chi connectivity index (χ2v) is 5.04. The SMILES string of the molecule is Cn1ncnc1CN1CCC(COc2cnccn2)C1. The lowest BCUT2D eigenvalue weighted by molar-refractivity contribution is 0.229. The molecule has 20 heavy (non-hydrogen) atoms. The predicted octanol–water partition coefficient (Wildman–Crippen LogP) is 0.506. The fourth-order valence-electron chi connectivity index (χ4n) is 2.42. The third-order valence-electron chi connectivity index (χ3n) is 3.55. The second kappa shape index (κ2) is 5.96. The van der Waals surface area contributed by atoms with Gasteiger partial charge in [-0.3, -0.25) is 14.6 Å². The summed E-state index contributed by atoms with van der Waals surface area (Å²) in [7, 11) is 1.92. The fraction of sp³-hybridized carbons (Fsp3) is 0.538. The molecule has 0 radical (unpaired) electrons. The van der Waals surface area contributed by atoms with Gasteiger partial charge in [0, 0.05) is 31.9 Å². The quantitative estimate of drug-likeness (QED) is 0.791. The summed E-state index contributed by atoms with van der Waals surface area (Å²) < 4.78 is 7.49. The zero-order valence-corrected chi connectivity index (χ0v) is 11.5. The van der Waals surface area contributed by atoms with Crippen molar-refractivity contribution >= 4 is 0 Å². The number of ether oxygens (including phenoxy) is 1. The van der Waals surface area contributed by atoms with Gasteiger partial charge in [0.05, 0.1) is 19.3 Å². The van der Waals surface area contributed by atoms with Crippen LogP contribution in [0.15, 0.2) is 24.9 Å². The van der Waals surface area contributed by atoms with Gasteiger partial charge in [0.15, 0.2) is 0 Å². The Hall–Kier alpha value is -2.02. The molecule has 0 bridgehead atoms. The van der Waals surface area contributed by atoms with E-state index in [1.54, 1.807) is 24.9 Å². The molecule has 2 aromatic heterocycles.